The van der Waals surface area contributed by atoms with E-state index >= 15 is 0 Å². The number of aliphatic carboxylic acids is 1. The average Bonchev–Trinajstić information content (AvgIpc) is 2.79. The molecule has 0 aromatic carbocycles. The highest BCUT2D eigenvalue weighted by Crippen LogP contribution is 2.76. The molecule has 0 heterocycles. The average molecular weight is 531 g/mol. The van der Waals surface area contributed by atoms with E-state index in [9.17, 15) is 24.9 Å². The number of hydrogen-bond donors (Lipinski definition) is 3. The Morgan fingerprint density at radius 1 is 0.974 bits per heavy atom. The second-order valence-electron chi connectivity index (χ2n) is 15.5. The van der Waals surface area contributed by atoms with E-state index in [2.05, 4.69) is 47.6 Å². The first-order valence-corrected chi connectivity index (χ1v) is 14.9. The second-order valence-corrected chi connectivity index (χ2v) is 15.5. The minimum atomic E-state index is -1.08. The Morgan fingerprint density at radius 2 is 1.63 bits per heavy atom. The van der Waals surface area contributed by atoms with Gasteiger partial charge >= 0.3 is 11.9 Å². The van der Waals surface area contributed by atoms with E-state index in [1.807, 2.05) is 6.92 Å². The van der Waals surface area contributed by atoms with E-state index in [1.165, 1.54) is 12.5 Å². The van der Waals surface area contributed by atoms with Gasteiger partial charge in [0.05, 0.1) is 17.1 Å². The summed E-state index contributed by atoms with van der Waals surface area (Å²) in [6.07, 6.45) is 7.28. The van der Waals surface area contributed by atoms with Gasteiger partial charge in [-0.3, -0.25) is 9.59 Å². The van der Waals surface area contributed by atoms with Crippen LogP contribution in [0, 0.1) is 50.7 Å². The molecule has 0 bridgehead atoms. The van der Waals surface area contributed by atoms with Gasteiger partial charge in [0.15, 0.2) is 0 Å². The van der Waals surface area contributed by atoms with E-state index in [0.717, 1.165) is 32.1 Å². The van der Waals surface area contributed by atoms with Crippen LogP contribution in [-0.2, 0) is 14.3 Å². The number of rotatable bonds is 2. The number of hydrogen-bond acceptors (Lipinski definition) is 5. The van der Waals surface area contributed by atoms with Crippen molar-refractivity contribution in [2.24, 2.45) is 50.7 Å². The van der Waals surface area contributed by atoms with Crippen molar-refractivity contribution >= 4 is 11.9 Å². The molecule has 2 unspecified atom stereocenters. The fourth-order valence-corrected chi connectivity index (χ4v) is 11.3. The first-order chi connectivity index (χ1) is 17.4. The Bertz CT molecular complexity index is 1060. The fraction of sp³-hybridized carbons (Fsp3) is 0.875. The number of ether oxygens (including phenoxy) is 1. The Labute approximate surface area is 228 Å². The van der Waals surface area contributed by atoms with Crippen molar-refractivity contribution < 1.29 is 29.6 Å². The number of carboxylic acid groups (broad SMARTS) is 1. The molecule has 4 fully saturated rings. The normalized spacial score (nSPS) is 53.4. The van der Waals surface area contributed by atoms with Crippen molar-refractivity contribution in [1.29, 1.82) is 0 Å². The van der Waals surface area contributed by atoms with Crippen LogP contribution in [0.1, 0.15) is 107 Å². The van der Waals surface area contributed by atoms with Crippen molar-refractivity contribution in [3.05, 3.63) is 11.6 Å². The summed E-state index contributed by atoms with van der Waals surface area (Å²) in [5.74, 6) is -0.880. The number of carbonyl (C=O) groups is 2. The fourth-order valence-electron chi connectivity index (χ4n) is 11.3. The number of allylic oxidation sites excluding steroid dienone is 1. The maximum atomic E-state index is 12.9. The number of carbonyl (C=O) groups excluding carboxylic acids is 1. The highest BCUT2D eigenvalue weighted by molar-refractivity contribution is 5.77. The van der Waals surface area contributed by atoms with Crippen molar-refractivity contribution in [2.45, 2.75) is 125 Å². The second kappa shape index (κ2) is 8.31. The maximum absolute atomic E-state index is 12.9. The molecular weight excluding hydrogens is 480 g/mol. The largest absolute Gasteiger partial charge is 0.481 e. The van der Waals surface area contributed by atoms with Gasteiger partial charge in [0.2, 0.25) is 0 Å². The van der Waals surface area contributed by atoms with Gasteiger partial charge in [0, 0.05) is 12.8 Å². The first kappa shape index (κ1) is 28.1. The van der Waals surface area contributed by atoms with Gasteiger partial charge in [0.25, 0.3) is 0 Å². The molecule has 3 N–H and O–H groups in total. The highest BCUT2D eigenvalue weighted by Gasteiger charge is 2.72. The molecule has 0 radical (unpaired) electrons. The lowest BCUT2D eigenvalue weighted by atomic mass is 9.33. The van der Waals surface area contributed by atoms with E-state index in [0.29, 0.717) is 25.2 Å². The predicted octanol–water partition coefficient (Wildman–Crippen LogP) is 5.75. The van der Waals surface area contributed by atoms with Crippen LogP contribution in [0.5, 0.6) is 0 Å². The lowest BCUT2D eigenvalue weighted by Crippen LogP contribution is -2.69. The standard InChI is InChI=1S/C32H50O6/c1-18-11-14-32(26(35)36)16-15-29(6)20(24(32)31(18,8)37)9-10-23-28(5)17-21(38-19(2)33)25(34)27(3,4)22(28)12-13-30(23,29)7/h9,18,21-25,34,37H,10-17H2,1-8H3,(H,35,36)/t18-,21-,22?,23?,24-,25+,28+,29-,30-,31-,32+/m1/s1. The SMILES string of the molecule is CC(=O)O[C@@H]1C[C@@]2(C)C(CC[C@]3(C)C2CC=C2[C@H]4[C@](C(=O)O)(CC[C@@H](C)[C@@]4(C)O)CC[C@]23C)C(C)(C)[C@H]1O. The number of esters is 1. The maximum Gasteiger partial charge on any atom is 0.310 e. The van der Waals surface area contributed by atoms with Crippen molar-refractivity contribution in [3.8, 4) is 0 Å². The number of fused-ring (bicyclic) bond motifs is 7. The molecule has 0 aliphatic heterocycles. The Hall–Kier alpha value is -1.40. The lowest BCUT2D eigenvalue weighted by molar-refractivity contribution is -0.241. The van der Waals surface area contributed by atoms with E-state index < -0.39 is 40.5 Å². The zero-order valence-electron chi connectivity index (χ0n) is 24.8. The van der Waals surface area contributed by atoms with Crippen LogP contribution in [0.3, 0.4) is 0 Å². The van der Waals surface area contributed by atoms with Crippen LogP contribution in [0.25, 0.3) is 0 Å². The number of carboxylic acids is 1. The number of aliphatic hydroxyl groups excluding tert-OH is 1. The molecule has 11 atom stereocenters. The van der Waals surface area contributed by atoms with Crippen LogP contribution < -0.4 is 0 Å². The van der Waals surface area contributed by atoms with Crippen LogP contribution in [0.15, 0.2) is 11.6 Å². The molecule has 5 aliphatic rings. The minimum absolute atomic E-state index is 0.0344. The van der Waals surface area contributed by atoms with Crippen molar-refractivity contribution in [3.63, 3.8) is 0 Å². The highest BCUT2D eigenvalue weighted by atomic mass is 16.6. The summed E-state index contributed by atoms with van der Waals surface area (Å²) in [6.45, 7) is 16.8. The molecular formula is C32H50O6. The Kier molecular flexibility index (Phi) is 6.16. The number of aliphatic hydroxyl groups is 2. The third-order valence-electron chi connectivity index (χ3n) is 13.7. The summed E-state index contributed by atoms with van der Waals surface area (Å²) in [6, 6.07) is 0. The van der Waals surface area contributed by atoms with Crippen LogP contribution in [0.4, 0.5) is 0 Å². The topological polar surface area (TPSA) is 104 Å². The molecule has 0 aromatic heterocycles. The van der Waals surface area contributed by atoms with Gasteiger partial charge in [-0.15, -0.1) is 0 Å². The third-order valence-corrected chi connectivity index (χ3v) is 13.7. The molecule has 0 saturated heterocycles. The van der Waals surface area contributed by atoms with Crippen LogP contribution in [-0.4, -0.2) is 45.1 Å². The molecule has 5 aliphatic carbocycles. The van der Waals surface area contributed by atoms with Crippen LogP contribution in [0.2, 0.25) is 0 Å². The quantitative estimate of drug-likeness (QED) is 0.310. The first-order valence-electron chi connectivity index (χ1n) is 14.9. The van der Waals surface area contributed by atoms with Gasteiger partial charge in [-0.25, -0.2) is 0 Å². The van der Waals surface area contributed by atoms with E-state index in [1.54, 1.807) is 0 Å². The van der Waals surface area contributed by atoms with Gasteiger partial charge in [0.1, 0.15) is 6.10 Å². The molecule has 6 nitrogen and oxygen atoms in total. The summed E-state index contributed by atoms with van der Waals surface area (Å²) in [4.78, 5) is 24.9. The van der Waals surface area contributed by atoms with Crippen molar-refractivity contribution in [1.82, 2.24) is 0 Å². The molecule has 4 saturated carbocycles. The molecule has 0 amide bonds. The van der Waals surface area contributed by atoms with Gasteiger partial charge in [-0.2, -0.15) is 0 Å². The summed E-state index contributed by atoms with van der Waals surface area (Å²) in [5, 5.41) is 33.9. The Balaban J connectivity index is 1.63. The third kappa shape index (κ3) is 3.31. The van der Waals surface area contributed by atoms with Crippen LogP contribution >= 0.6 is 0 Å². The van der Waals surface area contributed by atoms with Crippen molar-refractivity contribution in [2.75, 3.05) is 0 Å². The molecule has 0 aromatic rings. The monoisotopic (exact) mass is 530 g/mol. The zero-order valence-corrected chi connectivity index (χ0v) is 24.8. The molecule has 0 spiro atoms. The van der Waals surface area contributed by atoms with E-state index in [-0.39, 0.29) is 34.1 Å². The molecule has 6 heteroatoms. The molecule has 5 rings (SSSR count). The summed E-state index contributed by atoms with van der Waals surface area (Å²) in [5.41, 5.74) is -1.68. The van der Waals surface area contributed by atoms with Gasteiger partial charge in [-0.1, -0.05) is 53.2 Å². The van der Waals surface area contributed by atoms with Gasteiger partial charge < -0.3 is 20.1 Å². The van der Waals surface area contributed by atoms with Gasteiger partial charge in [-0.05, 0) is 97.7 Å². The molecule has 214 valence electrons. The Morgan fingerprint density at radius 3 is 2.24 bits per heavy atom. The summed E-state index contributed by atoms with van der Waals surface area (Å²) < 4.78 is 5.74. The minimum Gasteiger partial charge on any atom is -0.481 e. The smallest absolute Gasteiger partial charge is 0.310 e. The van der Waals surface area contributed by atoms with E-state index in [4.69, 9.17) is 4.74 Å². The lowest BCUT2D eigenvalue weighted by Gasteiger charge is -2.72. The summed E-state index contributed by atoms with van der Waals surface area (Å²) >= 11 is 0. The summed E-state index contributed by atoms with van der Waals surface area (Å²) in [7, 11) is 0. The molecule has 38 heavy (non-hydrogen) atoms. The zero-order chi connectivity index (χ0) is 28.3. The predicted molar refractivity (Wildman–Crippen MR) is 145 cm³/mol.